The first-order chi connectivity index (χ1) is 5.22. The quantitative estimate of drug-likeness (QED) is 0.543. The molecule has 0 spiro atoms. The molecule has 0 aliphatic rings. The zero-order chi connectivity index (χ0) is 8.27. The third-order valence-electron chi connectivity index (χ3n) is 1.12. The van der Waals surface area contributed by atoms with E-state index in [9.17, 15) is 4.79 Å². The number of hydrogen-bond donors (Lipinski definition) is 1. The summed E-state index contributed by atoms with van der Waals surface area (Å²) in [6.07, 6.45) is 0.199. The maximum atomic E-state index is 10.7. The molecule has 0 aromatic carbocycles. The van der Waals surface area contributed by atoms with Crippen LogP contribution in [0, 0.1) is 0 Å². The van der Waals surface area contributed by atoms with Crippen LogP contribution in [0.15, 0.2) is 5.38 Å². The number of carbonyl (C=O) groups is 1. The van der Waals surface area contributed by atoms with Crippen LogP contribution in [0.1, 0.15) is 5.69 Å². The van der Waals surface area contributed by atoms with Crippen LogP contribution in [0.2, 0.25) is 0 Å². The van der Waals surface area contributed by atoms with Crippen molar-refractivity contribution in [3.8, 4) is 0 Å². The van der Waals surface area contributed by atoms with Gasteiger partial charge in [0.05, 0.1) is 19.2 Å². The van der Waals surface area contributed by atoms with Crippen molar-refractivity contribution >= 4 is 22.4 Å². The van der Waals surface area contributed by atoms with Gasteiger partial charge in [-0.1, -0.05) is 0 Å². The van der Waals surface area contributed by atoms with Crippen LogP contribution in [-0.2, 0) is 16.0 Å². The molecule has 0 amide bonds. The first-order valence-corrected chi connectivity index (χ1v) is 3.87. The number of methoxy groups -OCH3 is 1. The molecule has 0 saturated carbocycles. The van der Waals surface area contributed by atoms with E-state index in [-0.39, 0.29) is 24.8 Å². The van der Waals surface area contributed by atoms with Crippen molar-refractivity contribution in [2.75, 3.05) is 12.8 Å². The van der Waals surface area contributed by atoms with Gasteiger partial charge in [0, 0.05) is 5.38 Å². The van der Waals surface area contributed by atoms with E-state index >= 15 is 0 Å². The number of nitrogen functional groups attached to an aromatic ring is 1. The van der Waals surface area contributed by atoms with E-state index in [1.54, 1.807) is 5.38 Å². The van der Waals surface area contributed by atoms with Crippen LogP contribution in [0.3, 0.4) is 0 Å². The van der Waals surface area contributed by atoms with Crippen LogP contribution in [-0.4, -0.2) is 18.1 Å². The molecule has 68 valence electrons. The first-order valence-electron chi connectivity index (χ1n) is 2.99. The first kappa shape index (κ1) is 11.2. The van der Waals surface area contributed by atoms with Crippen LogP contribution in [0.25, 0.3) is 0 Å². The number of ether oxygens (including phenoxy) is 1. The Bertz CT molecular complexity index is 264. The van der Waals surface area contributed by atoms with Crippen molar-refractivity contribution in [3.05, 3.63) is 11.1 Å². The SMILES string of the molecule is COC(=O)Cc1csc(N)n1.[Cl-]. The lowest BCUT2D eigenvalue weighted by Gasteiger charge is -1.93. The zero-order valence-corrected chi connectivity index (χ0v) is 7.98. The molecule has 6 heteroatoms. The van der Waals surface area contributed by atoms with E-state index in [2.05, 4.69) is 9.72 Å². The number of hydrogen-bond acceptors (Lipinski definition) is 5. The summed E-state index contributed by atoms with van der Waals surface area (Å²) < 4.78 is 4.45. The molecule has 0 atom stereocenters. The van der Waals surface area contributed by atoms with Gasteiger partial charge >= 0.3 is 5.97 Å². The molecule has 0 fully saturated rings. The number of esters is 1. The molecule has 1 rings (SSSR count). The Morgan fingerprint density at radius 1 is 1.83 bits per heavy atom. The van der Waals surface area contributed by atoms with Crippen molar-refractivity contribution in [1.29, 1.82) is 0 Å². The van der Waals surface area contributed by atoms with E-state index < -0.39 is 0 Å². The van der Waals surface area contributed by atoms with Gasteiger partial charge in [-0.3, -0.25) is 4.79 Å². The number of carbonyl (C=O) groups excluding carboxylic acids is 1. The predicted octanol–water partition coefficient (Wildman–Crippen LogP) is -2.56. The summed E-state index contributed by atoms with van der Waals surface area (Å²) >= 11 is 1.32. The van der Waals surface area contributed by atoms with Crippen molar-refractivity contribution in [2.45, 2.75) is 6.42 Å². The Morgan fingerprint density at radius 3 is 2.92 bits per heavy atom. The zero-order valence-electron chi connectivity index (χ0n) is 6.41. The molecule has 1 aromatic heterocycles. The lowest BCUT2D eigenvalue weighted by molar-refractivity contribution is -0.139. The van der Waals surface area contributed by atoms with Gasteiger partial charge in [0.2, 0.25) is 0 Å². The van der Waals surface area contributed by atoms with Gasteiger partial charge in [-0.15, -0.1) is 11.3 Å². The highest BCUT2D eigenvalue weighted by Crippen LogP contribution is 2.11. The molecule has 0 unspecified atom stereocenters. The van der Waals surface area contributed by atoms with Crippen LogP contribution >= 0.6 is 11.3 Å². The second-order valence-electron chi connectivity index (χ2n) is 1.93. The van der Waals surface area contributed by atoms with Gasteiger partial charge in [-0.25, -0.2) is 4.98 Å². The molecule has 0 aliphatic heterocycles. The van der Waals surface area contributed by atoms with Gasteiger partial charge in [-0.2, -0.15) is 0 Å². The summed E-state index contributed by atoms with van der Waals surface area (Å²) in [5.41, 5.74) is 6.02. The number of halogens is 1. The summed E-state index contributed by atoms with van der Waals surface area (Å²) in [6, 6.07) is 0. The molecule has 12 heavy (non-hydrogen) atoms. The summed E-state index contributed by atoms with van der Waals surface area (Å²) in [5, 5.41) is 2.22. The average molecular weight is 208 g/mol. The number of aromatic nitrogens is 1. The molecule has 2 N–H and O–H groups in total. The van der Waals surface area contributed by atoms with Crippen LogP contribution < -0.4 is 18.1 Å². The Balaban J connectivity index is 0.00000121. The van der Waals surface area contributed by atoms with Crippen LogP contribution in [0.4, 0.5) is 5.13 Å². The molecule has 0 bridgehead atoms. The minimum absolute atomic E-state index is 0. The molecular weight excluding hydrogens is 200 g/mol. The Morgan fingerprint density at radius 2 is 2.50 bits per heavy atom. The minimum Gasteiger partial charge on any atom is -1.00 e. The molecule has 0 radical (unpaired) electrons. The molecule has 0 aliphatic carbocycles. The van der Waals surface area contributed by atoms with Crippen molar-refractivity contribution < 1.29 is 21.9 Å². The highest BCUT2D eigenvalue weighted by molar-refractivity contribution is 7.13. The number of anilines is 1. The molecule has 4 nitrogen and oxygen atoms in total. The fourth-order valence-corrected chi connectivity index (χ4v) is 1.19. The van der Waals surface area contributed by atoms with E-state index in [1.165, 1.54) is 18.4 Å². The van der Waals surface area contributed by atoms with Gasteiger partial charge in [0.25, 0.3) is 0 Å². The van der Waals surface area contributed by atoms with E-state index in [0.29, 0.717) is 10.8 Å². The molecule has 1 aromatic rings. The summed E-state index contributed by atoms with van der Waals surface area (Å²) in [6.45, 7) is 0. The topological polar surface area (TPSA) is 65.2 Å². The lowest BCUT2D eigenvalue weighted by Crippen LogP contribution is -3.00. The third kappa shape index (κ3) is 3.06. The number of nitrogens with two attached hydrogens (primary N) is 1. The molecular formula is C6H8ClN2O2S-. The number of nitrogens with zero attached hydrogens (tertiary/aromatic N) is 1. The Labute approximate surface area is 80.2 Å². The van der Waals surface area contributed by atoms with Gasteiger partial charge in [0.1, 0.15) is 0 Å². The second-order valence-corrected chi connectivity index (χ2v) is 2.82. The summed E-state index contributed by atoms with van der Waals surface area (Å²) in [4.78, 5) is 14.6. The number of thiazole rings is 1. The fraction of sp³-hybridized carbons (Fsp3) is 0.333. The third-order valence-corrected chi connectivity index (χ3v) is 1.85. The Kier molecular flexibility index (Phi) is 4.61. The minimum atomic E-state index is -0.296. The van der Waals surface area contributed by atoms with E-state index in [4.69, 9.17) is 5.73 Å². The highest BCUT2D eigenvalue weighted by atomic mass is 35.5. The fourth-order valence-electron chi connectivity index (χ4n) is 0.624. The second kappa shape index (κ2) is 4.95. The summed E-state index contributed by atoms with van der Waals surface area (Å²) in [7, 11) is 1.35. The summed E-state index contributed by atoms with van der Waals surface area (Å²) in [5.74, 6) is -0.296. The molecule has 1 heterocycles. The Hall–Kier alpha value is -0.810. The predicted molar refractivity (Wildman–Crippen MR) is 42.2 cm³/mol. The lowest BCUT2D eigenvalue weighted by atomic mass is 10.3. The monoisotopic (exact) mass is 207 g/mol. The maximum absolute atomic E-state index is 10.7. The largest absolute Gasteiger partial charge is 1.00 e. The van der Waals surface area contributed by atoms with Gasteiger partial charge < -0.3 is 22.9 Å². The van der Waals surface area contributed by atoms with Crippen molar-refractivity contribution in [3.63, 3.8) is 0 Å². The smallest absolute Gasteiger partial charge is 0.311 e. The van der Waals surface area contributed by atoms with E-state index in [1.807, 2.05) is 0 Å². The van der Waals surface area contributed by atoms with Crippen molar-refractivity contribution in [2.24, 2.45) is 0 Å². The van der Waals surface area contributed by atoms with E-state index in [0.717, 1.165) is 0 Å². The average Bonchev–Trinajstić information content (AvgIpc) is 2.35. The number of rotatable bonds is 2. The highest BCUT2D eigenvalue weighted by Gasteiger charge is 2.05. The van der Waals surface area contributed by atoms with Gasteiger partial charge in [-0.05, 0) is 0 Å². The normalized spacial score (nSPS) is 8.75. The maximum Gasteiger partial charge on any atom is 0.311 e. The van der Waals surface area contributed by atoms with Crippen LogP contribution in [0.5, 0.6) is 0 Å². The standard InChI is InChI=1S/C6H8N2O2S.ClH/c1-10-5(9)2-4-3-11-6(7)8-4;/h3H,2H2,1H3,(H2,7,8);1H/p-1. The molecule has 0 saturated heterocycles. The van der Waals surface area contributed by atoms with Gasteiger partial charge in [0.15, 0.2) is 5.13 Å². The van der Waals surface area contributed by atoms with Crippen molar-refractivity contribution in [1.82, 2.24) is 4.98 Å².